The molecule has 0 aliphatic rings. The molecule has 3 N–H and O–H groups in total. The number of halogens is 1. The van der Waals surface area contributed by atoms with Gasteiger partial charge in [-0.2, -0.15) is 0 Å². The van der Waals surface area contributed by atoms with Crippen molar-refractivity contribution >= 4 is 35.8 Å². The van der Waals surface area contributed by atoms with Gasteiger partial charge in [0.2, 0.25) is 5.91 Å². The first-order valence-electron chi connectivity index (χ1n) is 8.21. The van der Waals surface area contributed by atoms with E-state index >= 15 is 0 Å². The maximum atomic E-state index is 11.7. The maximum absolute atomic E-state index is 11.7. The lowest BCUT2D eigenvalue weighted by molar-refractivity contribution is -0.128. The fourth-order valence-electron chi connectivity index (χ4n) is 1.80. The first-order valence-corrected chi connectivity index (χ1v) is 8.21. The molecule has 0 saturated heterocycles. The van der Waals surface area contributed by atoms with Gasteiger partial charge >= 0.3 is 0 Å². The van der Waals surface area contributed by atoms with E-state index in [1.807, 2.05) is 20.8 Å². The molecule has 0 aliphatic carbocycles. The van der Waals surface area contributed by atoms with E-state index in [1.165, 1.54) is 0 Å². The van der Waals surface area contributed by atoms with E-state index in [1.54, 1.807) is 14.2 Å². The second-order valence-electron chi connectivity index (χ2n) is 6.58. The van der Waals surface area contributed by atoms with E-state index in [9.17, 15) is 4.79 Å². The molecule has 0 heterocycles. The smallest absolute Gasteiger partial charge is 0.225 e. The fraction of sp³-hybridized carbons (Fsp3) is 0.875. The molecule has 0 fully saturated rings. The topological polar surface area (TPSA) is 78.0 Å². The Morgan fingerprint density at radius 3 is 2.21 bits per heavy atom. The van der Waals surface area contributed by atoms with Gasteiger partial charge in [0.25, 0.3) is 0 Å². The number of ether oxygens (including phenoxy) is 1. The normalized spacial score (nSPS) is 11.9. The predicted molar refractivity (Wildman–Crippen MR) is 111 cm³/mol. The first kappa shape index (κ1) is 25.6. The number of rotatable bonds is 10. The molecule has 0 spiro atoms. The quantitative estimate of drug-likeness (QED) is 0.197. The van der Waals surface area contributed by atoms with Crippen LogP contribution in [0.4, 0.5) is 0 Å². The lowest BCUT2D eigenvalue weighted by Crippen LogP contribution is -2.45. The van der Waals surface area contributed by atoms with Crippen LogP contribution in [0.3, 0.4) is 0 Å². The van der Waals surface area contributed by atoms with Gasteiger partial charge in [0.1, 0.15) is 0 Å². The van der Waals surface area contributed by atoms with E-state index in [4.69, 9.17) is 4.74 Å². The van der Waals surface area contributed by atoms with Gasteiger partial charge in [0, 0.05) is 58.9 Å². The van der Waals surface area contributed by atoms with Crippen molar-refractivity contribution in [3.05, 3.63) is 0 Å². The van der Waals surface area contributed by atoms with Crippen LogP contribution in [0.25, 0.3) is 0 Å². The second-order valence-corrected chi connectivity index (χ2v) is 6.58. The van der Waals surface area contributed by atoms with Gasteiger partial charge in [-0.25, -0.2) is 0 Å². The van der Waals surface area contributed by atoms with E-state index in [-0.39, 0.29) is 35.3 Å². The lowest BCUT2D eigenvalue weighted by Gasteiger charge is -2.19. The van der Waals surface area contributed by atoms with Gasteiger partial charge in [0.05, 0.1) is 0 Å². The van der Waals surface area contributed by atoms with Crippen LogP contribution < -0.4 is 16.0 Å². The molecular formula is C16H36IN5O2. The molecule has 0 aromatic heterocycles. The predicted octanol–water partition coefficient (Wildman–Crippen LogP) is 0.900. The number of methoxy groups -OCH3 is 1. The number of hydrogen-bond donors (Lipinski definition) is 3. The summed E-state index contributed by atoms with van der Waals surface area (Å²) in [6.45, 7) is 10.5. The number of hydrogen-bond acceptors (Lipinski definition) is 4. The molecule has 0 unspecified atom stereocenters. The summed E-state index contributed by atoms with van der Waals surface area (Å²) in [5.74, 6) is 0.806. The zero-order valence-corrected chi connectivity index (χ0v) is 18.4. The first-order chi connectivity index (χ1) is 10.8. The Kier molecular flexibility index (Phi) is 15.7. The van der Waals surface area contributed by atoms with Gasteiger partial charge in [0.15, 0.2) is 5.96 Å². The number of likely N-dealkylation sites (N-methyl/N-ethyl adjacent to an activating group) is 1. The average molecular weight is 457 g/mol. The Morgan fingerprint density at radius 1 is 1.08 bits per heavy atom. The van der Waals surface area contributed by atoms with Crippen molar-refractivity contribution in [2.24, 2.45) is 10.4 Å². The molecule has 144 valence electrons. The van der Waals surface area contributed by atoms with E-state index in [2.05, 4.69) is 32.9 Å². The third-order valence-electron chi connectivity index (χ3n) is 3.28. The molecule has 24 heavy (non-hydrogen) atoms. The van der Waals surface area contributed by atoms with Gasteiger partial charge < -0.3 is 25.6 Å². The Morgan fingerprint density at radius 2 is 1.67 bits per heavy atom. The molecule has 0 bridgehead atoms. The van der Waals surface area contributed by atoms with Crippen LogP contribution in [0.5, 0.6) is 0 Å². The molecule has 0 rings (SSSR count). The highest BCUT2D eigenvalue weighted by atomic mass is 127. The standard InChI is InChI=1S/C16H35N5O2.HI/c1-16(2,3)14(22)18-8-9-19-15(17-4)20-10-12-21(5)11-7-13-23-6;/h7-13H2,1-6H3,(H,18,22)(H2,17,19,20);1H. The van der Waals surface area contributed by atoms with Crippen molar-refractivity contribution in [3.8, 4) is 0 Å². The van der Waals surface area contributed by atoms with Crippen LogP contribution in [0.15, 0.2) is 4.99 Å². The van der Waals surface area contributed by atoms with Crippen molar-refractivity contribution in [2.45, 2.75) is 27.2 Å². The molecule has 1 amide bonds. The number of guanidine groups is 1. The maximum Gasteiger partial charge on any atom is 0.225 e. The monoisotopic (exact) mass is 457 g/mol. The minimum atomic E-state index is -0.354. The van der Waals surface area contributed by atoms with Gasteiger partial charge in [-0.15, -0.1) is 24.0 Å². The lowest BCUT2D eigenvalue weighted by atomic mass is 9.96. The Balaban J connectivity index is 0. The highest BCUT2D eigenvalue weighted by Gasteiger charge is 2.20. The molecular weight excluding hydrogens is 421 g/mol. The molecule has 0 aliphatic heterocycles. The van der Waals surface area contributed by atoms with Crippen LogP contribution >= 0.6 is 24.0 Å². The molecule has 8 heteroatoms. The molecule has 0 aromatic carbocycles. The fourth-order valence-corrected chi connectivity index (χ4v) is 1.80. The summed E-state index contributed by atoms with van der Waals surface area (Å²) in [4.78, 5) is 18.2. The van der Waals surface area contributed by atoms with E-state index in [0.717, 1.165) is 38.6 Å². The number of nitrogens with zero attached hydrogens (tertiary/aromatic N) is 2. The van der Waals surface area contributed by atoms with E-state index in [0.29, 0.717) is 13.1 Å². The summed E-state index contributed by atoms with van der Waals surface area (Å²) < 4.78 is 5.04. The third-order valence-corrected chi connectivity index (χ3v) is 3.28. The zero-order valence-electron chi connectivity index (χ0n) is 16.1. The summed E-state index contributed by atoms with van der Waals surface area (Å²) in [5.41, 5.74) is -0.354. The Hall–Kier alpha value is -0.610. The highest BCUT2D eigenvalue weighted by molar-refractivity contribution is 14.0. The van der Waals surface area contributed by atoms with Crippen LogP contribution in [0.2, 0.25) is 0 Å². The third kappa shape index (κ3) is 13.8. The van der Waals surface area contributed by atoms with Crippen LogP contribution in [-0.4, -0.2) is 77.3 Å². The molecule has 0 atom stereocenters. The number of carbonyl (C=O) groups is 1. The van der Waals surface area contributed by atoms with Crippen molar-refractivity contribution in [1.82, 2.24) is 20.9 Å². The summed E-state index contributed by atoms with van der Waals surface area (Å²) >= 11 is 0. The SMILES string of the molecule is CN=C(NCCNC(=O)C(C)(C)C)NCCN(C)CCCOC.I. The Labute approximate surface area is 164 Å². The highest BCUT2D eigenvalue weighted by Crippen LogP contribution is 2.11. The van der Waals surface area contributed by atoms with Crippen LogP contribution in [0.1, 0.15) is 27.2 Å². The number of carbonyl (C=O) groups excluding carboxylic acids is 1. The second kappa shape index (κ2) is 14.7. The number of aliphatic imine (C=N–C) groups is 1. The zero-order chi connectivity index (χ0) is 17.7. The summed E-state index contributed by atoms with van der Waals surface area (Å²) in [5, 5.41) is 9.35. The van der Waals surface area contributed by atoms with Crippen LogP contribution in [0, 0.1) is 5.41 Å². The summed E-state index contributed by atoms with van der Waals surface area (Å²) in [7, 11) is 5.56. The van der Waals surface area contributed by atoms with Gasteiger partial charge in [-0.3, -0.25) is 9.79 Å². The molecule has 7 nitrogen and oxygen atoms in total. The largest absolute Gasteiger partial charge is 0.385 e. The van der Waals surface area contributed by atoms with E-state index < -0.39 is 0 Å². The summed E-state index contributed by atoms with van der Waals surface area (Å²) in [6, 6.07) is 0. The van der Waals surface area contributed by atoms with Crippen molar-refractivity contribution in [1.29, 1.82) is 0 Å². The van der Waals surface area contributed by atoms with Gasteiger partial charge in [-0.1, -0.05) is 20.8 Å². The minimum absolute atomic E-state index is 0. The van der Waals surface area contributed by atoms with Crippen molar-refractivity contribution < 1.29 is 9.53 Å². The summed E-state index contributed by atoms with van der Waals surface area (Å²) in [6.07, 6.45) is 1.04. The number of amides is 1. The average Bonchev–Trinajstić information content (AvgIpc) is 2.48. The minimum Gasteiger partial charge on any atom is -0.385 e. The van der Waals surface area contributed by atoms with Crippen molar-refractivity contribution in [3.63, 3.8) is 0 Å². The van der Waals surface area contributed by atoms with Gasteiger partial charge in [-0.05, 0) is 13.5 Å². The van der Waals surface area contributed by atoms with Crippen molar-refractivity contribution in [2.75, 3.05) is 60.5 Å². The number of nitrogens with one attached hydrogen (secondary N) is 3. The molecule has 0 aromatic rings. The van der Waals surface area contributed by atoms with Crippen LogP contribution in [-0.2, 0) is 9.53 Å². The molecule has 0 radical (unpaired) electrons. The molecule has 0 saturated carbocycles. The Bertz CT molecular complexity index is 359.